The van der Waals surface area contributed by atoms with Crippen molar-refractivity contribution in [2.45, 2.75) is 34.1 Å². The maximum Gasteiger partial charge on any atom is 0.335 e. The number of barbiturate groups is 1. The van der Waals surface area contributed by atoms with Gasteiger partial charge in [-0.15, -0.1) is 0 Å². The van der Waals surface area contributed by atoms with E-state index in [2.05, 4.69) is 41.1 Å². The van der Waals surface area contributed by atoms with Crippen molar-refractivity contribution in [2.24, 2.45) is 0 Å². The molecule has 2 aromatic carbocycles. The molecule has 34 heavy (non-hydrogen) atoms. The normalized spacial score (nSPS) is 15.1. The van der Waals surface area contributed by atoms with Crippen molar-refractivity contribution >= 4 is 29.6 Å². The number of imide groups is 2. The van der Waals surface area contributed by atoms with E-state index in [-0.39, 0.29) is 5.57 Å². The Balaban J connectivity index is 1.69. The number of hydrogen-bond donors (Lipinski definition) is 1. The van der Waals surface area contributed by atoms with Crippen molar-refractivity contribution in [3.05, 3.63) is 82.7 Å². The highest BCUT2D eigenvalue weighted by Gasteiger charge is 2.37. The number of ether oxygens (including phenoxy) is 1. The summed E-state index contributed by atoms with van der Waals surface area (Å²) in [6, 6.07) is 16.0. The number of nitrogens with one attached hydrogen (secondary N) is 1. The summed E-state index contributed by atoms with van der Waals surface area (Å²) in [4.78, 5) is 39.3. The number of rotatable bonds is 6. The number of aryl methyl sites for hydroxylation is 2. The lowest BCUT2D eigenvalue weighted by molar-refractivity contribution is -0.122. The molecule has 174 valence electrons. The molecular weight excluding hydrogens is 430 g/mol. The molecule has 1 N–H and O–H groups in total. The Bertz CT molecular complexity index is 1280. The van der Waals surface area contributed by atoms with Gasteiger partial charge in [0, 0.05) is 17.1 Å². The van der Waals surface area contributed by atoms with Crippen LogP contribution in [0.1, 0.15) is 36.4 Å². The van der Waals surface area contributed by atoms with Gasteiger partial charge in [0.2, 0.25) is 0 Å². The molecule has 1 fully saturated rings. The van der Waals surface area contributed by atoms with Crippen LogP contribution >= 0.6 is 0 Å². The van der Waals surface area contributed by atoms with Gasteiger partial charge in [-0.2, -0.15) is 0 Å². The lowest BCUT2D eigenvalue weighted by atomic mass is 10.1. The van der Waals surface area contributed by atoms with Crippen molar-refractivity contribution in [3.8, 4) is 11.4 Å². The van der Waals surface area contributed by atoms with Crippen LogP contribution in [0.3, 0.4) is 0 Å². The third-order valence-electron chi connectivity index (χ3n) is 5.88. The van der Waals surface area contributed by atoms with E-state index in [0.29, 0.717) is 18.0 Å². The monoisotopic (exact) mass is 457 g/mol. The summed E-state index contributed by atoms with van der Waals surface area (Å²) in [5.41, 5.74) is 5.09. The molecule has 2 heterocycles. The first-order valence-corrected chi connectivity index (χ1v) is 11.3. The van der Waals surface area contributed by atoms with Gasteiger partial charge in [0.15, 0.2) is 0 Å². The van der Waals surface area contributed by atoms with Gasteiger partial charge in [-0.25, -0.2) is 9.69 Å². The zero-order valence-electron chi connectivity index (χ0n) is 19.7. The lowest BCUT2D eigenvalue weighted by Crippen LogP contribution is -2.54. The molecule has 7 heteroatoms. The third kappa shape index (κ3) is 4.24. The molecule has 0 radical (unpaired) electrons. The summed E-state index contributed by atoms with van der Waals surface area (Å²) in [6.45, 7) is 8.40. The average Bonchev–Trinajstić information content (AvgIpc) is 3.10. The summed E-state index contributed by atoms with van der Waals surface area (Å²) in [6.07, 6.45) is 2.51. The first-order valence-electron chi connectivity index (χ1n) is 11.3. The fourth-order valence-electron chi connectivity index (χ4n) is 4.12. The first-order chi connectivity index (χ1) is 16.3. The fourth-order valence-corrected chi connectivity index (χ4v) is 4.12. The predicted molar refractivity (Wildman–Crippen MR) is 131 cm³/mol. The molecule has 1 saturated heterocycles. The molecule has 1 aliphatic rings. The average molecular weight is 458 g/mol. The van der Waals surface area contributed by atoms with E-state index in [4.69, 9.17) is 4.74 Å². The Hall–Kier alpha value is -4.13. The molecule has 0 saturated carbocycles. The number of aromatic nitrogens is 1. The number of amides is 4. The van der Waals surface area contributed by atoms with Crippen molar-refractivity contribution in [3.63, 3.8) is 0 Å². The van der Waals surface area contributed by atoms with Gasteiger partial charge in [0.05, 0.1) is 12.3 Å². The highest BCUT2D eigenvalue weighted by Crippen LogP contribution is 2.27. The van der Waals surface area contributed by atoms with E-state index in [1.807, 2.05) is 26.8 Å². The molecule has 1 aliphatic heterocycles. The maximum absolute atomic E-state index is 13.2. The molecule has 4 rings (SSSR count). The largest absolute Gasteiger partial charge is 0.494 e. The number of carbonyl (C=O) groups is 3. The number of nitrogens with zero attached hydrogens (tertiary/aromatic N) is 2. The van der Waals surface area contributed by atoms with Gasteiger partial charge in [-0.3, -0.25) is 14.9 Å². The number of urea groups is 1. The van der Waals surface area contributed by atoms with Crippen molar-refractivity contribution < 1.29 is 19.1 Å². The number of hydrogen-bond acceptors (Lipinski definition) is 4. The van der Waals surface area contributed by atoms with Crippen LogP contribution in [0.25, 0.3) is 11.8 Å². The lowest BCUT2D eigenvalue weighted by Gasteiger charge is -2.26. The van der Waals surface area contributed by atoms with E-state index in [1.165, 1.54) is 5.56 Å². The van der Waals surface area contributed by atoms with E-state index in [1.54, 1.807) is 30.3 Å². The Kier molecular flexibility index (Phi) is 6.36. The van der Waals surface area contributed by atoms with E-state index in [9.17, 15) is 14.4 Å². The van der Waals surface area contributed by atoms with Gasteiger partial charge < -0.3 is 9.30 Å². The van der Waals surface area contributed by atoms with Gasteiger partial charge >= 0.3 is 6.03 Å². The topological polar surface area (TPSA) is 80.6 Å². The minimum Gasteiger partial charge on any atom is -0.494 e. The standard InChI is InChI=1S/C27H27N3O4/c1-5-19-7-9-21(10-8-19)29-17(3)15-20(18(29)4)16-24-25(31)28-27(33)30(26(24)32)22-11-13-23(14-12-22)34-6-2/h7-16H,5-6H2,1-4H3,(H,28,31,33)/b24-16+. The Morgan fingerprint density at radius 3 is 2.18 bits per heavy atom. The smallest absolute Gasteiger partial charge is 0.335 e. The molecular formula is C27H27N3O4. The maximum atomic E-state index is 13.2. The molecule has 3 aromatic rings. The zero-order valence-corrected chi connectivity index (χ0v) is 19.7. The molecule has 0 unspecified atom stereocenters. The van der Waals surface area contributed by atoms with Crippen LogP contribution in [0.15, 0.2) is 60.2 Å². The van der Waals surface area contributed by atoms with Crippen LogP contribution in [0.5, 0.6) is 5.75 Å². The highest BCUT2D eigenvalue weighted by molar-refractivity contribution is 6.39. The highest BCUT2D eigenvalue weighted by atomic mass is 16.5. The summed E-state index contributed by atoms with van der Waals surface area (Å²) >= 11 is 0. The van der Waals surface area contributed by atoms with Gasteiger partial charge in [-0.05, 0) is 86.9 Å². The summed E-state index contributed by atoms with van der Waals surface area (Å²) < 4.78 is 7.50. The van der Waals surface area contributed by atoms with E-state index >= 15 is 0 Å². The first kappa shape index (κ1) is 23.0. The minimum absolute atomic E-state index is 0.102. The summed E-state index contributed by atoms with van der Waals surface area (Å²) in [7, 11) is 0. The predicted octanol–water partition coefficient (Wildman–Crippen LogP) is 4.72. The van der Waals surface area contributed by atoms with Crippen LogP contribution in [0.2, 0.25) is 0 Å². The summed E-state index contributed by atoms with van der Waals surface area (Å²) in [5.74, 6) is -0.758. The number of anilines is 1. The van der Waals surface area contributed by atoms with Crippen LogP contribution in [-0.4, -0.2) is 29.0 Å². The van der Waals surface area contributed by atoms with E-state index < -0.39 is 17.8 Å². The zero-order chi connectivity index (χ0) is 24.4. The van der Waals surface area contributed by atoms with Crippen molar-refractivity contribution in [2.75, 3.05) is 11.5 Å². The second kappa shape index (κ2) is 9.39. The Morgan fingerprint density at radius 1 is 0.912 bits per heavy atom. The Morgan fingerprint density at radius 2 is 1.56 bits per heavy atom. The van der Waals surface area contributed by atoms with Crippen LogP contribution in [0.4, 0.5) is 10.5 Å². The Labute approximate surface area is 198 Å². The fraction of sp³-hybridized carbons (Fsp3) is 0.222. The van der Waals surface area contributed by atoms with Crippen molar-refractivity contribution in [1.29, 1.82) is 0 Å². The molecule has 1 aromatic heterocycles. The quantitative estimate of drug-likeness (QED) is 0.429. The molecule has 0 aliphatic carbocycles. The molecule has 7 nitrogen and oxygen atoms in total. The molecule has 0 spiro atoms. The van der Waals surface area contributed by atoms with Crippen LogP contribution in [0, 0.1) is 13.8 Å². The van der Waals surface area contributed by atoms with Gasteiger partial charge in [-0.1, -0.05) is 19.1 Å². The molecule has 4 amide bonds. The number of benzene rings is 2. The van der Waals surface area contributed by atoms with Gasteiger partial charge in [0.25, 0.3) is 11.8 Å². The second-order valence-electron chi connectivity index (χ2n) is 8.07. The van der Waals surface area contributed by atoms with Gasteiger partial charge in [0.1, 0.15) is 11.3 Å². The summed E-state index contributed by atoms with van der Waals surface area (Å²) in [5, 5.41) is 2.27. The van der Waals surface area contributed by atoms with E-state index in [0.717, 1.165) is 34.0 Å². The van der Waals surface area contributed by atoms with Crippen LogP contribution in [-0.2, 0) is 16.0 Å². The second-order valence-corrected chi connectivity index (χ2v) is 8.07. The minimum atomic E-state index is -0.780. The van der Waals surface area contributed by atoms with Crippen LogP contribution < -0.4 is 15.0 Å². The van der Waals surface area contributed by atoms with Crippen molar-refractivity contribution in [1.82, 2.24) is 9.88 Å². The number of carbonyl (C=O) groups excluding carboxylic acids is 3. The third-order valence-corrected chi connectivity index (χ3v) is 5.88. The SMILES string of the molecule is CCOc1ccc(N2C(=O)NC(=O)/C(=C\c3cc(C)n(-c4ccc(CC)cc4)c3C)C2=O)cc1. The molecule has 0 bridgehead atoms. The molecule has 0 atom stereocenters.